The van der Waals surface area contributed by atoms with Gasteiger partial charge >= 0.3 is 0 Å². The third kappa shape index (κ3) is 8.16. The summed E-state index contributed by atoms with van der Waals surface area (Å²) in [6, 6.07) is 26.8. The van der Waals surface area contributed by atoms with Gasteiger partial charge in [-0.15, -0.1) is 22.7 Å². The monoisotopic (exact) mass is 838 g/mol. The van der Waals surface area contributed by atoms with Crippen LogP contribution in [0.1, 0.15) is 203 Å². The molecule has 0 aliphatic rings. The Morgan fingerprint density at radius 2 is 0.433 bits per heavy atom. The molecule has 0 saturated heterocycles. The van der Waals surface area contributed by atoms with Crippen LogP contribution < -0.4 is 0 Å². The summed E-state index contributed by atoms with van der Waals surface area (Å²) in [7, 11) is 0. The molecule has 4 aromatic carbocycles. The van der Waals surface area contributed by atoms with Gasteiger partial charge < -0.3 is 10.2 Å². The highest BCUT2D eigenvalue weighted by Gasteiger charge is 2.36. The van der Waals surface area contributed by atoms with Gasteiger partial charge in [0.25, 0.3) is 0 Å². The Kier molecular flexibility index (Phi) is 13.7. The Morgan fingerprint density at radius 1 is 0.267 bits per heavy atom. The Labute approximate surface area is 370 Å². The van der Waals surface area contributed by atoms with Crippen molar-refractivity contribution < 1.29 is 10.2 Å². The topological polar surface area (TPSA) is 40.5 Å². The first-order valence-corrected chi connectivity index (χ1v) is 24.2. The van der Waals surface area contributed by atoms with Gasteiger partial charge in [-0.3, -0.25) is 0 Å². The second-order valence-electron chi connectivity index (χ2n) is 19.5. The van der Waals surface area contributed by atoms with Crippen LogP contribution in [-0.4, -0.2) is 10.2 Å². The zero-order valence-electron chi connectivity index (χ0n) is 39.3. The van der Waals surface area contributed by atoms with Gasteiger partial charge in [0, 0.05) is 32.0 Å². The summed E-state index contributed by atoms with van der Waals surface area (Å²) in [4.78, 5) is 3.81. The van der Waals surface area contributed by atoms with Crippen molar-refractivity contribution in [2.24, 2.45) is 0 Å². The number of hydrogen-bond acceptors (Lipinski definition) is 4. The van der Waals surface area contributed by atoms with E-state index >= 15 is 0 Å². The van der Waals surface area contributed by atoms with Crippen LogP contribution in [0.2, 0.25) is 0 Å². The van der Waals surface area contributed by atoms with Gasteiger partial charge in [0.1, 0.15) is 11.5 Å². The molecular formula is C56H70O2S2. The van der Waals surface area contributed by atoms with Gasteiger partial charge in [0.05, 0.1) is 9.75 Å². The van der Waals surface area contributed by atoms with E-state index in [2.05, 4.69) is 184 Å². The minimum atomic E-state index is 0.236. The summed E-state index contributed by atoms with van der Waals surface area (Å²) in [6.07, 6.45) is 0. The molecule has 6 aromatic rings. The lowest BCUT2D eigenvalue weighted by atomic mass is 9.83. The average Bonchev–Trinajstić information content (AvgIpc) is 3.70. The maximum atomic E-state index is 13.5. The Hall–Kier alpha value is -4.12. The fourth-order valence-electron chi connectivity index (χ4n) is 9.25. The van der Waals surface area contributed by atoms with Crippen molar-refractivity contribution in [3.8, 4) is 64.4 Å². The van der Waals surface area contributed by atoms with Crippen molar-refractivity contribution in [2.45, 2.75) is 158 Å². The fraction of sp³-hybridized carbons (Fsp3) is 0.429. The van der Waals surface area contributed by atoms with Crippen LogP contribution in [-0.2, 0) is 0 Å². The highest BCUT2D eigenvalue weighted by molar-refractivity contribution is 7.21. The summed E-state index contributed by atoms with van der Waals surface area (Å²) >= 11 is 3.42. The third-order valence-corrected chi connectivity index (χ3v) is 14.8. The lowest BCUT2D eigenvalue weighted by Gasteiger charge is -2.22. The van der Waals surface area contributed by atoms with E-state index in [9.17, 15) is 10.2 Å². The molecule has 0 fully saturated rings. The van der Waals surface area contributed by atoms with Crippen molar-refractivity contribution in [2.75, 3.05) is 0 Å². The summed E-state index contributed by atoms with van der Waals surface area (Å²) < 4.78 is 0. The lowest BCUT2D eigenvalue weighted by molar-refractivity contribution is 0.474. The Morgan fingerprint density at radius 3 is 0.600 bits per heavy atom. The van der Waals surface area contributed by atoms with Crippen molar-refractivity contribution >= 4 is 22.7 Å². The molecule has 6 rings (SSSR count). The summed E-state index contributed by atoms with van der Waals surface area (Å²) in [5.74, 6) is 2.43. The molecular weight excluding hydrogens is 769 g/mol. The number of rotatable bonds is 13. The molecule has 2 N–H and O–H groups in total. The van der Waals surface area contributed by atoms with E-state index in [1.54, 1.807) is 22.7 Å². The summed E-state index contributed by atoms with van der Waals surface area (Å²) in [5, 5.41) is 26.9. The lowest BCUT2D eigenvalue weighted by Crippen LogP contribution is -2.01. The fourth-order valence-corrected chi connectivity index (χ4v) is 12.0. The van der Waals surface area contributed by atoms with E-state index in [4.69, 9.17) is 0 Å². The number of benzene rings is 4. The van der Waals surface area contributed by atoms with Crippen LogP contribution in [0.15, 0.2) is 72.8 Å². The number of hydrogen-bond donors (Lipinski definition) is 2. The number of aromatic hydroxyl groups is 2. The standard InChI is InChI=1S/C56H70O2S2/c1-29(2)37-21-17-22-38(30(3)4)45(37)53-49(51(57)55(59-53)47-41(33(9)10)25-19-26-42(47)34(11)12)50-52(58)56(48-43(35(13)14)27-20-28-44(48)36(15)16)60-54(50)46-39(31(5)6)23-18-24-40(46)32(7)8/h17-36,57-58H,1-16H3. The van der Waals surface area contributed by atoms with Crippen LogP contribution in [0, 0.1) is 0 Å². The van der Waals surface area contributed by atoms with E-state index in [1.165, 1.54) is 55.6 Å². The first kappa shape index (κ1) is 45.4. The molecule has 2 heterocycles. The van der Waals surface area contributed by atoms with E-state index in [0.29, 0.717) is 0 Å². The highest BCUT2D eigenvalue weighted by Crippen LogP contribution is 2.63. The van der Waals surface area contributed by atoms with Crippen LogP contribution in [0.5, 0.6) is 11.5 Å². The average molecular weight is 839 g/mol. The summed E-state index contributed by atoms with van der Waals surface area (Å²) in [5.41, 5.74) is 16.0. The van der Waals surface area contributed by atoms with Gasteiger partial charge in [0.2, 0.25) is 0 Å². The van der Waals surface area contributed by atoms with Crippen molar-refractivity contribution in [1.29, 1.82) is 0 Å². The van der Waals surface area contributed by atoms with Gasteiger partial charge in [-0.2, -0.15) is 0 Å². The Balaban J connectivity index is 1.95. The van der Waals surface area contributed by atoms with Crippen molar-refractivity contribution in [1.82, 2.24) is 0 Å². The largest absolute Gasteiger partial charge is 0.506 e. The normalized spacial score (nSPS) is 12.3. The third-order valence-electron chi connectivity index (χ3n) is 12.4. The number of thiophene rings is 2. The molecule has 0 radical (unpaired) electrons. The van der Waals surface area contributed by atoms with Crippen LogP contribution >= 0.6 is 22.7 Å². The molecule has 0 spiro atoms. The predicted octanol–water partition coefficient (Wildman–Crippen LogP) is 18.5. The maximum Gasteiger partial charge on any atom is 0.142 e. The van der Waals surface area contributed by atoms with Gasteiger partial charge in [-0.1, -0.05) is 184 Å². The molecule has 0 aliphatic heterocycles. The van der Waals surface area contributed by atoms with Crippen LogP contribution in [0.3, 0.4) is 0 Å². The quantitative estimate of drug-likeness (QED) is 0.122. The highest BCUT2D eigenvalue weighted by atomic mass is 32.1. The zero-order valence-corrected chi connectivity index (χ0v) is 40.9. The van der Waals surface area contributed by atoms with Gasteiger partial charge in [-0.05, 0) is 103 Å². The molecule has 60 heavy (non-hydrogen) atoms. The molecule has 0 saturated carbocycles. The van der Waals surface area contributed by atoms with Crippen molar-refractivity contribution in [3.05, 3.63) is 117 Å². The molecule has 0 aliphatic carbocycles. The first-order valence-electron chi connectivity index (χ1n) is 22.5. The SMILES string of the molecule is CC(C)c1cccc(C(C)C)c1-c1sc(-c2c(C(C)C)cccc2C(C)C)c(-c2c(-c3c(C(C)C)cccc3C(C)C)sc(-c3c(C(C)C)cccc3C(C)C)c2O)c1O. The smallest absolute Gasteiger partial charge is 0.142 e. The molecule has 318 valence electrons. The van der Waals surface area contributed by atoms with E-state index in [-0.39, 0.29) is 58.8 Å². The minimum Gasteiger partial charge on any atom is -0.506 e. The summed E-state index contributed by atoms with van der Waals surface area (Å²) in [6.45, 7) is 36.2. The van der Waals surface area contributed by atoms with Crippen LogP contribution in [0.4, 0.5) is 0 Å². The van der Waals surface area contributed by atoms with E-state index < -0.39 is 0 Å². The molecule has 0 amide bonds. The second-order valence-corrected chi connectivity index (χ2v) is 21.5. The van der Waals surface area contributed by atoms with E-state index in [1.807, 2.05) is 0 Å². The minimum absolute atomic E-state index is 0.236. The van der Waals surface area contributed by atoms with Gasteiger partial charge in [-0.25, -0.2) is 0 Å². The maximum absolute atomic E-state index is 13.5. The molecule has 0 unspecified atom stereocenters. The predicted molar refractivity (Wildman–Crippen MR) is 265 cm³/mol. The van der Waals surface area contributed by atoms with Crippen LogP contribution in [0.25, 0.3) is 52.9 Å². The molecule has 2 nitrogen and oxygen atoms in total. The van der Waals surface area contributed by atoms with Crippen molar-refractivity contribution in [3.63, 3.8) is 0 Å². The molecule has 0 bridgehead atoms. The zero-order chi connectivity index (χ0) is 44.1. The van der Waals surface area contributed by atoms with E-state index in [0.717, 1.165) is 41.8 Å². The molecule has 0 atom stereocenters. The molecule has 4 heteroatoms. The Bertz CT molecular complexity index is 2200. The first-order chi connectivity index (χ1) is 28.3. The molecule has 2 aromatic heterocycles. The second kappa shape index (κ2) is 18.1. The van der Waals surface area contributed by atoms with Gasteiger partial charge in [0.15, 0.2) is 0 Å².